The number of nitrogens with zero attached hydrogens (tertiary/aromatic N) is 1. The van der Waals surface area contributed by atoms with Gasteiger partial charge in [-0.3, -0.25) is 4.31 Å². The Morgan fingerprint density at radius 1 is 1.40 bits per heavy atom. The van der Waals surface area contributed by atoms with Crippen molar-refractivity contribution in [3.63, 3.8) is 0 Å². The van der Waals surface area contributed by atoms with Crippen LogP contribution in [0.3, 0.4) is 0 Å². The lowest BCUT2D eigenvalue weighted by Gasteiger charge is -2.19. The fourth-order valence-electron chi connectivity index (χ4n) is 1.92. The zero-order valence-corrected chi connectivity index (χ0v) is 12.8. The van der Waals surface area contributed by atoms with Gasteiger partial charge in [-0.15, -0.1) is 5.73 Å². The standard InChI is InChI=1S/C15H19NO3S/c1-5-10-16(11-14-15(3,4)19-14)20(17,18)13-8-6-12(2)7-9-13/h6-10,14H,1,11H2,2-4H3. The van der Waals surface area contributed by atoms with Crippen LogP contribution in [-0.4, -0.2) is 31.0 Å². The number of epoxide rings is 1. The highest BCUT2D eigenvalue weighted by Gasteiger charge is 2.49. The predicted molar refractivity (Wildman–Crippen MR) is 77.7 cm³/mol. The molecule has 1 aliphatic heterocycles. The highest BCUT2D eigenvalue weighted by Crippen LogP contribution is 2.36. The Morgan fingerprint density at radius 3 is 2.40 bits per heavy atom. The summed E-state index contributed by atoms with van der Waals surface area (Å²) >= 11 is 0. The molecular weight excluding hydrogens is 274 g/mol. The third-order valence-electron chi connectivity index (χ3n) is 3.37. The molecule has 0 amide bonds. The molecule has 0 N–H and O–H groups in total. The van der Waals surface area contributed by atoms with Crippen molar-refractivity contribution in [2.24, 2.45) is 0 Å². The van der Waals surface area contributed by atoms with Crippen LogP contribution < -0.4 is 0 Å². The van der Waals surface area contributed by atoms with Crippen molar-refractivity contribution in [1.29, 1.82) is 0 Å². The summed E-state index contributed by atoms with van der Waals surface area (Å²) in [6, 6.07) is 6.77. The predicted octanol–water partition coefficient (Wildman–Crippen LogP) is 2.46. The van der Waals surface area contributed by atoms with Crippen LogP contribution in [0.2, 0.25) is 0 Å². The maximum Gasteiger partial charge on any atom is 0.264 e. The van der Waals surface area contributed by atoms with Gasteiger partial charge in [-0.1, -0.05) is 24.3 Å². The number of hydrogen-bond donors (Lipinski definition) is 0. The van der Waals surface area contributed by atoms with Crippen LogP contribution in [0, 0.1) is 6.92 Å². The molecule has 2 rings (SSSR count). The van der Waals surface area contributed by atoms with Crippen LogP contribution in [0.4, 0.5) is 0 Å². The van der Waals surface area contributed by atoms with Crippen LogP contribution in [0.5, 0.6) is 0 Å². The second kappa shape index (κ2) is 5.09. The van der Waals surface area contributed by atoms with Crippen LogP contribution in [0.25, 0.3) is 0 Å². The van der Waals surface area contributed by atoms with Crippen molar-refractivity contribution in [2.45, 2.75) is 37.4 Å². The van der Waals surface area contributed by atoms with Gasteiger partial charge >= 0.3 is 0 Å². The largest absolute Gasteiger partial charge is 0.365 e. The van der Waals surface area contributed by atoms with E-state index in [9.17, 15) is 8.42 Å². The van der Waals surface area contributed by atoms with Gasteiger partial charge in [0, 0.05) is 0 Å². The van der Waals surface area contributed by atoms with Crippen LogP contribution >= 0.6 is 0 Å². The Labute approximate surface area is 120 Å². The highest BCUT2D eigenvalue weighted by molar-refractivity contribution is 7.89. The minimum Gasteiger partial charge on any atom is -0.365 e. The Bertz CT molecular complexity index is 640. The molecule has 1 unspecified atom stereocenters. The fourth-order valence-corrected chi connectivity index (χ4v) is 3.22. The normalized spacial score (nSPS) is 20.1. The van der Waals surface area contributed by atoms with Gasteiger partial charge in [0.05, 0.1) is 23.2 Å². The minimum absolute atomic E-state index is 0.104. The lowest BCUT2D eigenvalue weighted by atomic mass is 10.1. The summed E-state index contributed by atoms with van der Waals surface area (Å²) in [4.78, 5) is 0.257. The van der Waals surface area contributed by atoms with Gasteiger partial charge in [-0.2, -0.15) is 0 Å². The molecule has 4 nitrogen and oxygen atoms in total. The number of aryl methyl sites for hydroxylation is 1. The van der Waals surface area contributed by atoms with Gasteiger partial charge in [0.2, 0.25) is 0 Å². The van der Waals surface area contributed by atoms with E-state index in [0.29, 0.717) is 0 Å². The summed E-state index contributed by atoms with van der Waals surface area (Å²) in [6.45, 7) is 9.52. The lowest BCUT2D eigenvalue weighted by Crippen LogP contribution is -2.31. The first-order chi connectivity index (χ1) is 9.27. The summed E-state index contributed by atoms with van der Waals surface area (Å²) < 4.78 is 31.9. The van der Waals surface area contributed by atoms with Gasteiger partial charge in [-0.05, 0) is 32.9 Å². The molecule has 1 aliphatic rings. The Kier molecular flexibility index (Phi) is 3.78. The molecule has 1 saturated heterocycles. The van der Waals surface area contributed by atoms with Crippen LogP contribution in [0.1, 0.15) is 19.4 Å². The number of hydrogen-bond acceptors (Lipinski definition) is 3. The second-order valence-electron chi connectivity index (χ2n) is 5.43. The van der Waals surface area contributed by atoms with E-state index >= 15 is 0 Å². The second-order valence-corrected chi connectivity index (χ2v) is 7.32. The molecule has 0 radical (unpaired) electrons. The van der Waals surface area contributed by atoms with Crippen molar-refractivity contribution in [3.05, 3.63) is 48.3 Å². The summed E-state index contributed by atoms with van der Waals surface area (Å²) in [5.74, 6) is 0. The van der Waals surface area contributed by atoms with Gasteiger partial charge in [0.15, 0.2) is 0 Å². The Hall–Kier alpha value is -1.55. The maximum atomic E-state index is 12.6. The molecule has 0 spiro atoms. The van der Waals surface area contributed by atoms with E-state index in [2.05, 4.69) is 12.3 Å². The average Bonchev–Trinajstić information content (AvgIpc) is 2.96. The molecular formula is C15H19NO3S. The molecule has 1 aromatic rings. The molecule has 0 saturated carbocycles. The van der Waals surface area contributed by atoms with E-state index in [1.54, 1.807) is 24.3 Å². The lowest BCUT2D eigenvalue weighted by molar-refractivity contribution is 0.313. The van der Waals surface area contributed by atoms with Gasteiger partial charge < -0.3 is 4.74 Å². The number of ether oxygens (including phenoxy) is 1. The highest BCUT2D eigenvalue weighted by atomic mass is 32.2. The molecule has 20 heavy (non-hydrogen) atoms. The van der Waals surface area contributed by atoms with Crippen molar-refractivity contribution >= 4 is 10.0 Å². The molecule has 1 fully saturated rings. The zero-order valence-electron chi connectivity index (χ0n) is 12.0. The molecule has 1 aromatic carbocycles. The van der Waals surface area contributed by atoms with E-state index in [1.165, 1.54) is 10.5 Å². The first kappa shape index (κ1) is 14.9. The first-order valence-corrected chi connectivity index (χ1v) is 7.83. The molecule has 0 bridgehead atoms. The monoisotopic (exact) mass is 293 g/mol. The van der Waals surface area contributed by atoms with Crippen LogP contribution in [-0.2, 0) is 14.8 Å². The van der Waals surface area contributed by atoms with Gasteiger partial charge in [0.25, 0.3) is 10.0 Å². The smallest absolute Gasteiger partial charge is 0.264 e. The minimum atomic E-state index is -3.59. The third-order valence-corrected chi connectivity index (χ3v) is 5.11. The maximum absolute atomic E-state index is 12.6. The van der Waals surface area contributed by atoms with E-state index in [4.69, 9.17) is 4.74 Å². The number of sulfonamides is 1. The summed E-state index contributed by atoms with van der Waals surface area (Å²) in [6.07, 6.45) is 1.25. The van der Waals surface area contributed by atoms with Crippen LogP contribution in [0.15, 0.2) is 47.7 Å². The topological polar surface area (TPSA) is 49.9 Å². The zero-order chi connectivity index (χ0) is 15.0. The SMILES string of the molecule is C=C=CN(CC1OC1(C)C)S(=O)(=O)c1ccc(C)cc1. The van der Waals surface area contributed by atoms with E-state index in [0.717, 1.165) is 5.56 Å². The Morgan fingerprint density at radius 2 is 1.95 bits per heavy atom. The molecule has 0 aromatic heterocycles. The molecule has 108 valence electrons. The van der Waals surface area contributed by atoms with Crippen molar-refractivity contribution in [2.75, 3.05) is 6.54 Å². The molecule has 1 heterocycles. The number of rotatable bonds is 5. The van der Waals surface area contributed by atoms with Crippen molar-refractivity contribution in [3.8, 4) is 0 Å². The van der Waals surface area contributed by atoms with Gasteiger partial charge in [0.1, 0.15) is 6.10 Å². The quantitative estimate of drug-likeness (QED) is 0.619. The summed E-state index contributed by atoms with van der Waals surface area (Å²) in [5.41, 5.74) is 3.28. The van der Waals surface area contributed by atoms with E-state index < -0.39 is 10.0 Å². The molecule has 5 heteroatoms. The number of benzene rings is 1. The van der Waals surface area contributed by atoms with Gasteiger partial charge in [-0.25, -0.2) is 8.42 Å². The van der Waals surface area contributed by atoms with Crippen molar-refractivity contribution in [1.82, 2.24) is 4.31 Å². The van der Waals surface area contributed by atoms with E-state index in [1.807, 2.05) is 20.8 Å². The van der Waals surface area contributed by atoms with E-state index in [-0.39, 0.29) is 23.1 Å². The van der Waals surface area contributed by atoms with Crippen molar-refractivity contribution < 1.29 is 13.2 Å². The molecule has 1 atom stereocenters. The summed E-state index contributed by atoms with van der Waals surface area (Å²) in [5, 5.41) is 0. The fraction of sp³-hybridized carbons (Fsp3) is 0.400. The Balaban J connectivity index is 2.28. The molecule has 0 aliphatic carbocycles. The summed E-state index contributed by atoms with van der Waals surface area (Å²) in [7, 11) is -3.59. The third kappa shape index (κ3) is 2.96. The first-order valence-electron chi connectivity index (χ1n) is 6.39. The average molecular weight is 293 g/mol.